The maximum atomic E-state index is 13.7. The molecule has 1 unspecified atom stereocenters. The van der Waals surface area contributed by atoms with E-state index in [4.69, 9.17) is 5.11 Å². The van der Waals surface area contributed by atoms with Gasteiger partial charge in [-0.15, -0.1) is 0 Å². The third-order valence-electron chi connectivity index (χ3n) is 3.10. The molecule has 1 heterocycles. The van der Waals surface area contributed by atoms with Crippen LogP contribution in [0.1, 0.15) is 12.0 Å². The van der Waals surface area contributed by atoms with Crippen molar-refractivity contribution in [1.29, 1.82) is 0 Å². The van der Waals surface area contributed by atoms with E-state index in [0.29, 0.717) is 17.8 Å². The van der Waals surface area contributed by atoms with Gasteiger partial charge in [0.05, 0.1) is 12.3 Å². The molecule has 1 fully saturated rings. The fourth-order valence-corrected chi connectivity index (χ4v) is 2.23. The Bertz CT molecular complexity index is 370. The summed E-state index contributed by atoms with van der Waals surface area (Å²) in [7, 11) is 0. The third-order valence-corrected chi connectivity index (χ3v) is 3.10. The van der Waals surface area contributed by atoms with E-state index in [0.717, 1.165) is 13.0 Å². The van der Waals surface area contributed by atoms with Crippen molar-refractivity contribution >= 4 is 5.69 Å². The molecule has 1 aliphatic rings. The Hall–Kier alpha value is -1.13. The Balaban J connectivity index is 2.26. The minimum atomic E-state index is -0.301. The first-order valence-corrected chi connectivity index (χ1v) is 5.50. The first kappa shape index (κ1) is 11.4. The zero-order chi connectivity index (χ0) is 11.5. The van der Waals surface area contributed by atoms with E-state index in [1.807, 2.05) is 4.90 Å². The Morgan fingerprint density at radius 2 is 2.19 bits per heavy atom. The van der Waals surface area contributed by atoms with Gasteiger partial charge in [-0.1, -0.05) is 12.1 Å². The number of hydrogen-bond donors (Lipinski definition) is 2. The average Bonchev–Trinajstić information content (AvgIpc) is 2.76. The van der Waals surface area contributed by atoms with Crippen LogP contribution in [0.25, 0.3) is 0 Å². The summed E-state index contributed by atoms with van der Waals surface area (Å²) in [5, 5.41) is 18.2. The van der Waals surface area contributed by atoms with E-state index < -0.39 is 0 Å². The van der Waals surface area contributed by atoms with Gasteiger partial charge < -0.3 is 15.1 Å². The van der Waals surface area contributed by atoms with Crippen LogP contribution in [0.5, 0.6) is 0 Å². The first-order valence-electron chi connectivity index (χ1n) is 5.50. The highest BCUT2D eigenvalue weighted by Crippen LogP contribution is 2.29. The molecular weight excluding hydrogens is 209 g/mol. The van der Waals surface area contributed by atoms with Gasteiger partial charge in [-0.05, 0) is 12.5 Å². The molecule has 0 aliphatic carbocycles. The van der Waals surface area contributed by atoms with E-state index in [2.05, 4.69) is 0 Å². The van der Waals surface area contributed by atoms with Gasteiger partial charge in [-0.25, -0.2) is 4.39 Å². The Labute approximate surface area is 94.1 Å². The summed E-state index contributed by atoms with van der Waals surface area (Å²) in [6.07, 6.45) is 0.871. The summed E-state index contributed by atoms with van der Waals surface area (Å²) in [6.45, 7) is 1.37. The van der Waals surface area contributed by atoms with E-state index in [-0.39, 0.29) is 24.9 Å². The van der Waals surface area contributed by atoms with Crippen molar-refractivity contribution in [3.63, 3.8) is 0 Å². The minimum absolute atomic E-state index is 0.138. The molecule has 16 heavy (non-hydrogen) atoms. The Morgan fingerprint density at radius 1 is 1.38 bits per heavy atom. The van der Waals surface area contributed by atoms with Gasteiger partial charge in [0.15, 0.2) is 0 Å². The van der Waals surface area contributed by atoms with Crippen LogP contribution in [0.4, 0.5) is 10.1 Å². The lowest BCUT2D eigenvalue weighted by Crippen LogP contribution is -2.23. The molecule has 2 rings (SSSR count). The Kier molecular flexibility index (Phi) is 3.41. The highest BCUT2D eigenvalue weighted by molar-refractivity contribution is 5.55. The summed E-state index contributed by atoms with van der Waals surface area (Å²) in [5.41, 5.74) is 1.10. The maximum Gasteiger partial charge on any atom is 0.146 e. The number of rotatable bonds is 3. The molecule has 1 atom stereocenters. The normalized spacial score (nSPS) is 20.4. The second-order valence-corrected chi connectivity index (χ2v) is 4.19. The van der Waals surface area contributed by atoms with Gasteiger partial charge in [0.25, 0.3) is 0 Å². The SMILES string of the molecule is OCc1cccc(F)c1N1CCC(CO)C1. The molecule has 0 amide bonds. The van der Waals surface area contributed by atoms with E-state index >= 15 is 0 Å². The van der Waals surface area contributed by atoms with Crippen LogP contribution < -0.4 is 4.90 Å². The lowest BCUT2D eigenvalue weighted by molar-refractivity contribution is 0.238. The molecule has 2 N–H and O–H groups in total. The quantitative estimate of drug-likeness (QED) is 0.810. The number of aliphatic hydroxyl groups is 2. The molecule has 3 nitrogen and oxygen atoms in total. The minimum Gasteiger partial charge on any atom is -0.396 e. The molecule has 4 heteroatoms. The van der Waals surface area contributed by atoms with E-state index in [1.165, 1.54) is 6.07 Å². The fourth-order valence-electron chi connectivity index (χ4n) is 2.23. The fraction of sp³-hybridized carbons (Fsp3) is 0.500. The van der Waals surface area contributed by atoms with Crippen LogP contribution in [0.2, 0.25) is 0 Å². The standard InChI is InChI=1S/C12H16FNO2/c13-11-3-1-2-10(8-16)12(11)14-5-4-9(6-14)7-15/h1-3,9,15-16H,4-8H2. The number of aliphatic hydroxyl groups excluding tert-OH is 2. The molecule has 0 aromatic heterocycles. The van der Waals surface area contributed by atoms with Crippen molar-refractivity contribution in [3.05, 3.63) is 29.6 Å². The monoisotopic (exact) mass is 225 g/mol. The van der Waals surface area contributed by atoms with Crippen LogP contribution in [0.3, 0.4) is 0 Å². The smallest absolute Gasteiger partial charge is 0.146 e. The predicted molar refractivity (Wildman–Crippen MR) is 59.7 cm³/mol. The summed E-state index contributed by atoms with van der Waals surface area (Å²) in [6, 6.07) is 4.73. The number of nitrogens with zero attached hydrogens (tertiary/aromatic N) is 1. The second kappa shape index (κ2) is 4.80. The zero-order valence-electron chi connectivity index (χ0n) is 9.06. The predicted octanol–water partition coefficient (Wildman–Crippen LogP) is 1.14. The summed E-state index contributed by atoms with van der Waals surface area (Å²) >= 11 is 0. The Morgan fingerprint density at radius 3 is 2.81 bits per heavy atom. The largest absolute Gasteiger partial charge is 0.396 e. The van der Waals surface area contributed by atoms with Gasteiger partial charge in [-0.3, -0.25) is 0 Å². The maximum absolute atomic E-state index is 13.7. The van der Waals surface area contributed by atoms with Crippen LogP contribution in [-0.2, 0) is 6.61 Å². The van der Waals surface area contributed by atoms with Crippen molar-refractivity contribution in [2.75, 3.05) is 24.6 Å². The third kappa shape index (κ3) is 2.03. The molecule has 0 saturated carbocycles. The summed E-state index contributed by atoms with van der Waals surface area (Å²) < 4.78 is 13.7. The van der Waals surface area contributed by atoms with Gasteiger partial charge >= 0.3 is 0 Å². The molecule has 88 valence electrons. The number of halogens is 1. The number of benzene rings is 1. The van der Waals surface area contributed by atoms with E-state index in [9.17, 15) is 9.50 Å². The molecule has 1 saturated heterocycles. The van der Waals surface area contributed by atoms with Crippen LogP contribution in [0, 0.1) is 11.7 Å². The first-order chi connectivity index (χ1) is 7.76. The summed E-state index contributed by atoms with van der Waals surface area (Å²) in [5.74, 6) is -0.0868. The van der Waals surface area contributed by atoms with Crippen molar-refractivity contribution in [1.82, 2.24) is 0 Å². The highest BCUT2D eigenvalue weighted by atomic mass is 19.1. The van der Waals surface area contributed by atoms with Crippen molar-refractivity contribution in [2.24, 2.45) is 5.92 Å². The average molecular weight is 225 g/mol. The van der Waals surface area contributed by atoms with Crippen LogP contribution in [-0.4, -0.2) is 29.9 Å². The second-order valence-electron chi connectivity index (χ2n) is 4.19. The van der Waals surface area contributed by atoms with Crippen molar-refractivity contribution < 1.29 is 14.6 Å². The van der Waals surface area contributed by atoms with Crippen molar-refractivity contribution in [2.45, 2.75) is 13.0 Å². The number of anilines is 1. The van der Waals surface area contributed by atoms with Crippen molar-refractivity contribution in [3.8, 4) is 0 Å². The van der Waals surface area contributed by atoms with Crippen LogP contribution >= 0.6 is 0 Å². The summed E-state index contributed by atoms with van der Waals surface area (Å²) in [4.78, 5) is 1.90. The number of para-hydroxylation sites is 1. The lowest BCUT2D eigenvalue weighted by atomic mass is 10.1. The van der Waals surface area contributed by atoms with Gasteiger partial charge in [0.2, 0.25) is 0 Å². The van der Waals surface area contributed by atoms with Gasteiger partial charge in [0, 0.05) is 31.2 Å². The molecule has 0 spiro atoms. The molecule has 0 radical (unpaired) electrons. The molecule has 0 bridgehead atoms. The van der Waals surface area contributed by atoms with Gasteiger partial charge in [-0.2, -0.15) is 0 Å². The molecule has 1 aliphatic heterocycles. The highest BCUT2D eigenvalue weighted by Gasteiger charge is 2.25. The number of hydrogen-bond acceptors (Lipinski definition) is 3. The van der Waals surface area contributed by atoms with E-state index in [1.54, 1.807) is 12.1 Å². The zero-order valence-corrected chi connectivity index (χ0v) is 9.06. The lowest BCUT2D eigenvalue weighted by Gasteiger charge is -2.21. The topological polar surface area (TPSA) is 43.7 Å². The van der Waals surface area contributed by atoms with Gasteiger partial charge in [0.1, 0.15) is 5.82 Å². The molecule has 1 aromatic rings. The molecule has 1 aromatic carbocycles. The molecular formula is C12H16FNO2. The van der Waals surface area contributed by atoms with Crippen LogP contribution in [0.15, 0.2) is 18.2 Å².